The molecule has 0 saturated carbocycles. The minimum atomic E-state index is -0.414. The molecule has 2 atom stereocenters. The number of nitrogens with two attached hydrogens (primary N) is 1. The maximum Gasteiger partial charge on any atom is 0.251 e. The highest BCUT2D eigenvalue weighted by molar-refractivity contribution is 5.94. The van der Waals surface area contributed by atoms with Crippen LogP contribution in [0.5, 0.6) is 0 Å². The smallest absolute Gasteiger partial charge is 0.251 e. The van der Waals surface area contributed by atoms with Gasteiger partial charge in [0.15, 0.2) is 0 Å². The van der Waals surface area contributed by atoms with Crippen molar-refractivity contribution in [2.45, 2.75) is 39.2 Å². The van der Waals surface area contributed by atoms with E-state index in [4.69, 9.17) is 5.73 Å². The first kappa shape index (κ1) is 18.5. The average molecular weight is 331 g/mol. The van der Waals surface area contributed by atoms with Crippen molar-refractivity contribution >= 4 is 11.8 Å². The van der Waals surface area contributed by atoms with Crippen LogP contribution in [0.4, 0.5) is 0 Å². The molecule has 5 heteroatoms. The molecule has 3 N–H and O–H groups in total. The highest BCUT2D eigenvalue weighted by Crippen LogP contribution is 2.18. The Kier molecular flexibility index (Phi) is 6.79. The lowest BCUT2D eigenvalue weighted by Crippen LogP contribution is -2.50. The first-order valence-corrected chi connectivity index (χ1v) is 8.85. The van der Waals surface area contributed by atoms with Crippen LogP contribution in [-0.2, 0) is 4.79 Å². The van der Waals surface area contributed by atoms with Crippen LogP contribution in [0, 0.1) is 11.8 Å². The summed E-state index contributed by atoms with van der Waals surface area (Å²) in [7, 11) is 0. The molecule has 1 fully saturated rings. The topological polar surface area (TPSA) is 75.4 Å². The van der Waals surface area contributed by atoms with Crippen molar-refractivity contribution in [3.05, 3.63) is 35.9 Å². The molecule has 2 amide bonds. The molecule has 1 heterocycles. The first-order chi connectivity index (χ1) is 11.5. The fourth-order valence-corrected chi connectivity index (χ4v) is 3.20. The molecule has 5 nitrogen and oxygen atoms in total. The van der Waals surface area contributed by atoms with Crippen LogP contribution in [0.15, 0.2) is 30.3 Å². The van der Waals surface area contributed by atoms with Gasteiger partial charge in [-0.3, -0.25) is 9.59 Å². The standard InChI is InChI=1S/C19H29N3O2/c1-14(2)11-17(20)19(24)22-10-6-7-15(13-22)12-21-18(23)16-8-4-3-5-9-16/h3-5,8-9,14-15,17H,6-7,10-13,20H2,1-2H3,(H,21,23)/t15?,17-/m0/s1. The zero-order valence-electron chi connectivity index (χ0n) is 14.7. The van der Waals surface area contributed by atoms with Crippen molar-refractivity contribution in [1.82, 2.24) is 10.2 Å². The first-order valence-electron chi connectivity index (χ1n) is 8.85. The Hall–Kier alpha value is -1.88. The van der Waals surface area contributed by atoms with E-state index < -0.39 is 6.04 Å². The minimum Gasteiger partial charge on any atom is -0.352 e. The summed E-state index contributed by atoms with van der Waals surface area (Å²) in [4.78, 5) is 26.4. The quantitative estimate of drug-likeness (QED) is 0.837. The van der Waals surface area contributed by atoms with Gasteiger partial charge < -0.3 is 16.0 Å². The summed E-state index contributed by atoms with van der Waals surface area (Å²) >= 11 is 0. The van der Waals surface area contributed by atoms with E-state index in [9.17, 15) is 9.59 Å². The molecule has 1 aromatic rings. The van der Waals surface area contributed by atoms with Gasteiger partial charge in [0.1, 0.15) is 0 Å². The van der Waals surface area contributed by atoms with Crippen molar-refractivity contribution in [3.63, 3.8) is 0 Å². The predicted octanol–water partition coefficient (Wildman–Crippen LogP) is 2.03. The molecule has 1 aliphatic rings. The summed E-state index contributed by atoms with van der Waals surface area (Å²) in [6.07, 6.45) is 2.70. The fraction of sp³-hybridized carbons (Fsp3) is 0.579. The molecule has 1 aromatic carbocycles. The van der Waals surface area contributed by atoms with Crippen molar-refractivity contribution in [3.8, 4) is 0 Å². The Labute approximate surface area is 144 Å². The lowest BCUT2D eigenvalue weighted by Gasteiger charge is -2.34. The molecule has 1 aliphatic heterocycles. The lowest BCUT2D eigenvalue weighted by molar-refractivity contribution is -0.134. The number of nitrogens with zero attached hydrogens (tertiary/aromatic N) is 1. The van der Waals surface area contributed by atoms with Crippen LogP contribution < -0.4 is 11.1 Å². The van der Waals surface area contributed by atoms with Gasteiger partial charge in [0.25, 0.3) is 5.91 Å². The third-order valence-electron chi connectivity index (χ3n) is 4.46. The number of benzene rings is 1. The lowest BCUT2D eigenvalue weighted by atomic mass is 9.96. The summed E-state index contributed by atoms with van der Waals surface area (Å²) < 4.78 is 0. The summed E-state index contributed by atoms with van der Waals surface area (Å²) in [5, 5.41) is 2.98. The maximum atomic E-state index is 12.5. The Morgan fingerprint density at radius 1 is 1.29 bits per heavy atom. The Balaban J connectivity index is 1.82. The van der Waals surface area contributed by atoms with Gasteiger partial charge in [0.05, 0.1) is 6.04 Å². The monoisotopic (exact) mass is 331 g/mol. The van der Waals surface area contributed by atoms with Crippen molar-refractivity contribution < 1.29 is 9.59 Å². The van der Waals surface area contributed by atoms with Gasteiger partial charge in [-0.25, -0.2) is 0 Å². The van der Waals surface area contributed by atoms with E-state index in [2.05, 4.69) is 19.2 Å². The number of hydrogen-bond acceptors (Lipinski definition) is 3. The van der Waals surface area contributed by atoms with Crippen LogP contribution in [-0.4, -0.2) is 42.4 Å². The number of rotatable bonds is 6. The summed E-state index contributed by atoms with van der Waals surface area (Å²) in [6.45, 7) is 6.20. The highest BCUT2D eigenvalue weighted by atomic mass is 16.2. The predicted molar refractivity (Wildman–Crippen MR) is 95.5 cm³/mol. The van der Waals surface area contributed by atoms with Gasteiger partial charge in [-0.2, -0.15) is 0 Å². The molecule has 1 unspecified atom stereocenters. The number of nitrogens with one attached hydrogen (secondary N) is 1. The van der Waals surface area contributed by atoms with Crippen LogP contribution in [0.2, 0.25) is 0 Å². The third kappa shape index (κ3) is 5.34. The average Bonchev–Trinajstić information content (AvgIpc) is 2.59. The van der Waals surface area contributed by atoms with E-state index in [1.54, 1.807) is 12.1 Å². The molecular formula is C19H29N3O2. The molecule has 24 heavy (non-hydrogen) atoms. The zero-order chi connectivity index (χ0) is 17.5. The second kappa shape index (κ2) is 8.83. The van der Waals surface area contributed by atoms with Crippen molar-refractivity contribution in [2.24, 2.45) is 17.6 Å². The number of likely N-dealkylation sites (tertiary alicyclic amines) is 1. The minimum absolute atomic E-state index is 0.0442. The number of hydrogen-bond donors (Lipinski definition) is 2. The number of carbonyl (C=O) groups excluding carboxylic acids is 2. The van der Waals surface area contributed by atoms with Gasteiger partial charge in [0, 0.05) is 25.2 Å². The molecule has 0 aliphatic carbocycles. The number of amides is 2. The number of piperidine rings is 1. The van der Waals surface area contributed by atoms with E-state index in [0.717, 1.165) is 19.4 Å². The number of carbonyl (C=O) groups is 2. The molecule has 0 radical (unpaired) electrons. The molecule has 132 valence electrons. The summed E-state index contributed by atoms with van der Waals surface area (Å²) in [6, 6.07) is 8.79. The van der Waals surface area contributed by atoms with E-state index in [1.165, 1.54) is 0 Å². The second-order valence-electron chi connectivity index (χ2n) is 7.10. The summed E-state index contributed by atoms with van der Waals surface area (Å²) in [5.41, 5.74) is 6.70. The van der Waals surface area contributed by atoms with Gasteiger partial charge in [0.2, 0.25) is 5.91 Å². The van der Waals surface area contributed by atoms with Crippen molar-refractivity contribution in [2.75, 3.05) is 19.6 Å². The largest absolute Gasteiger partial charge is 0.352 e. The highest BCUT2D eigenvalue weighted by Gasteiger charge is 2.27. The molecule has 0 aromatic heterocycles. The Morgan fingerprint density at radius 2 is 2.00 bits per heavy atom. The summed E-state index contributed by atoms with van der Waals surface area (Å²) in [5.74, 6) is 0.689. The Morgan fingerprint density at radius 3 is 2.67 bits per heavy atom. The van der Waals surface area contributed by atoms with Crippen molar-refractivity contribution in [1.29, 1.82) is 0 Å². The normalized spacial score (nSPS) is 19.2. The van der Waals surface area contributed by atoms with Crippen LogP contribution >= 0.6 is 0 Å². The van der Waals surface area contributed by atoms with Crippen LogP contribution in [0.3, 0.4) is 0 Å². The molecule has 2 rings (SSSR count). The third-order valence-corrected chi connectivity index (χ3v) is 4.46. The van der Waals surface area contributed by atoms with Gasteiger partial charge in [-0.1, -0.05) is 32.0 Å². The fourth-order valence-electron chi connectivity index (χ4n) is 3.20. The molecule has 1 saturated heterocycles. The molecule has 0 spiro atoms. The zero-order valence-corrected chi connectivity index (χ0v) is 14.7. The van der Waals surface area contributed by atoms with E-state index in [-0.39, 0.29) is 11.8 Å². The van der Waals surface area contributed by atoms with E-state index in [1.807, 2.05) is 23.1 Å². The van der Waals surface area contributed by atoms with Crippen LogP contribution in [0.1, 0.15) is 43.5 Å². The van der Waals surface area contributed by atoms with Crippen LogP contribution in [0.25, 0.3) is 0 Å². The van der Waals surface area contributed by atoms with Gasteiger partial charge in [-0.05, 0) is 43.2 Å². The Bertz CT molecular complexity index is 545. The molecule has 0 bridgehead atoms. The second-order valence-corrected chi connectivity index (χ2v) is 7.10. The van der Waals surface area contributed by atoms with Gasteiger partial charge in [-0.15, -0.1) is 0 Å². The molecular weight excluding hydrogens is 302 g/mol. The van der Waals surface area contributed by atoms with E-state index >= 15 is 0 Å². The maximum absolute atomic E-state index is 12.5. The van der Waals surface area contributed by atoms with Gasteiger partial charge >= 0.3 is 0 Å². The van der Waals surface area contributed by atoms with E-state index in [0.29, 0.717) is 36.9 Å². The SMILES string of the molecule is CC(C)C[C@H](N)C(=O)N1CCCC(CNC(=O)c2ccccc2)C1.